The van der Waals surface area contributed by atoms with Crippen LogP contribution in [0.5, 0.6) is 0 Å². The minimum absolute atomic E-state index is 0.00207. The van der Waals surface area contributed by atoms with Crippen molar-refractivity contribution < 1.29 is 4.74 Å². The highest BCUT2D eigenvalue weighted by Gasteiger charge is 2.78. The van der Waals surface area contributed by atoms with E-state index in [0.29, 0.717) is 11.8 Å². The lowest BCUT2D eigenvalue weighted by Gasteiger charge is -2.29. The van der Waals surface area contributed by atoms with Crippen LogP contribution in [0.15, 0.2) is 24.4 Å². The summed E-state index contributed by atoms with van der Waals surface area (Å²) >= 11 is 0. The first-order valence-corrected chi connectivity index (χ1v) is 6.80. The molecule has 18 heavy (non-hydrogen) atoms. The minimum Gasteiger partial charge on any atom is -0.374 e. The number of fused-ring (bicyclic) bond motifs is 2. The van der Waals surface area contributed by atoms with Gasteiger partial charge in [-0.15, -0.1) is 0 Å². The zero-order valence-corrected chi connectivity index (χ0v) is 10.3. The van der Waals surface area contributed by atoms with Gasteiger partial charge < -0.3 is 4.74 Å². The van der Waals surface area contributed by atoms with Gasteiger partial charge in [0.05, 0.1) is 24.0 Å². The molecule has 0 bridgehead atoms. The average Bonchev–Trinajstić information content (AvgIpc) is 2.75. The first kappa shape index (κ1) is 10.5. The first-order chi connectivity index (χ1) is 8.83. The van der Waals surface area contributed by atoms with Crippen LogP contribution in [0.3, 0.4) is 0 Å². The van der Waals surface area contributed by atoms with E-state index in [9.17, 15) is 5.26 Å². The van der Waals surface area contributed by atoms with E-state index in [-0.39, 0.29) is 11.0 Å². The van der Waals surface area contributed by atoms with E-state index in [4.69, 9.17) is 4.74 Å². The van der Waals surface area contributed by atoms with Crippen molar-refractivity contribution in [3.63, 3.8) is 0 Å². The van der Waals surface area contributed by atoms with Gasteiger partial charge in [0.15, 0.2) is 0 Å². The van der Waals surface area contributed by atoms with Crippen LogP contribution in [0.1, 0.15) is 31.4 Å². The molecule has 4 rings (SSSR count). The number of nitrogens with zero attached hydrogens (tertiary/aromatic N) is 2. The summed E-state index contributed by atoms with van der Waals surface area (Å²) in [6.45, 7) is 0.745. The first-order valence-electron chi connectivity index (χ1n) is 6.80. The monoisotopic (exact) mass is 240 g/mol. The number of pyridine rings is 1. The van der Waals surface area contributed by atoms with Crippen molar-refractivity contribution in [2.45, 2.75) is 36.7 Å². The molecule has 0 aromatic carbocycles. The molecule has 92 valence electrons. The van der Waals surface area contributed by atoms with Gasteiger partial charge in [-0.2, -0.15) is 5.26 Å². The lowest BCUT2D eigenvalue weighted by atomic mass is 9.87. The number of rotatable bonds is 1. The molecule has 1 saturated heterocycles. The third kappa shape index (κ3) is 1.05. The maximum atomic E-state index is 9.71. The largest absolute Gasteiger partial charge is 0.374 e. The van der Waals surface area contributed by atoms with Crippen molar-refractivity contribution >= 4 is 0 Å². The van der Waals surface area contributed by atoms with Crippen LogP contribution >= 0.6 is 0 Å². The van der Waals surface area contributed by atoms with Crippen LogP contribution < -0.4 is 0 Å². The molecular weight excluding hydrogens is 224 g/mol. The SMILES string of the molecule is N#CC1(c2ccccn2)C2COC3(CCCC3)C21. The summed E-state index contributed by atoms with van der Waals surface area (Å²) in [5.41, 5.74) is 0.596. The molecule has 3 fully saturated rings. The minimum atomic E-state index is -0.357. The fourth-order valence-electron chi connectivity index (χ4n) is 4.41. The second-order valence-electron chi connectivity index (χ2n) is 5.86. The molecule has 1 spiro atoms. The smallest absolute Gasteiger partial charge is 0.111 e. The average molecular weight is 240 g/mol. The van der Waals surface area contributed by atoms with E-state index >= 15 is 0 Å². The maximum Gasteiger partial charge on any atom is 0.111 e. The number of aromatic nitrogens is 1. The Morgan fingerprint density at radius 1 is 1.33 bits per heavy atom. The molecule has 0 amide bonds. The maximum absolute atomic E-state index is 9.71. The van der Waals surface area contributed by atoms with Gasteiger partial charge in [0.25, 0.3) is 0 Å². The van der Waals surface area contributed by atoms with E-state index in [0.717, 1.165) is 25.1 Å². The van der Waals surface area contributed by atoms with E-state index in [1.54, 1.807) is 6.20 Å². The Hall–Kier alpha value is -1.40. The molecule has 3 atom stereocenters. The summed E-state index contributed by atoms with van der Waals surface area (Å²) in [5.74, 6) is 0.753. The molecule has 3 aliphatic rings. The van der Waals surface area contributed by atoms with Crippen LogP contribution in [0.4, 0.5) is 0 Å². The Bertz CT molecular complexity index is 510. The number of nitriles is 1. The normalized spacial score (nSPS) is 39.5. The molecule has 2 saturated carbocycles. The van der Waals surface area contributed by atoms with E-state index in [1.165, 1.54) is 12.8 Å². The van der Waals surface area contributed by atoms with Gasteiger partial charge in [-0.25, -0.2) is 0 Å². The van der Waals surface area contributed by atoms with E-state index in [1.807, 2.05) is 18.2 Å². The summed E-state index contributed by atoms with van der Waals surface area (Å²) in [6, 6.07) is 8.48. The van der Waals surface area contributed by atoms with Gasteiger partial charge in [-0.3, -0.25) is 4.98 Å². The molecule has 0 N–H and O–H groups in total. The Morgan fingerprint density at radius 3 is 2.83 bits per heavy atom. The summed E-state index contributed by atoms with van der Waals surface area (Å²) in [5, 5.41) is 9.71. The van der Waals surface area contributed by atoms with Crippen LogP contribution in [-0.4, -0.2) is 17.2 Å². The fourth-order valence-corrected chi connectivity index (χ4v) is 4.41. The van der Waals surface area contributed by atoms with Crippen molar-refractivity contribution in [3.8, 4) is 6.07 Å². The Balaban J connectivity index is 1.76. The Kier molecular flexibility index (Phi) is 1.95. The summed E-state index contributed by atoms with van der Waals surface area (Å²) in [7, 11) is 0. The number of hydrogen-bond donors (Lipinski definition) is 0. The van der Waals surface area contributed by atoms with Crippen molar-refractivity contribution in [3.05, 3.63) is 30.1 Å². The third-order valence-electron chi connectivity index (χ3n) is 5.21. The quantitative estimate of drug-likeness (QED) is 0.757. The Morgan fingerprint density at radius 2 is 2.17 bits per heavy atom. The van der Waals surface area contributed by atoms with Crippen LogP contribution in [-0.2, 0) is 10.2 Å². The standard InChI is InChI=1S/C15H16N2O/c16-10-15(12-5-1-4-8-17-12)11-9-18-14(13(11)15)6-2-3-7-14/h1,4-5,8,11,13H,2-3,6-7,9H2. The van der Waals surface area contributed by atoms with Crippen molar-refractivity contribution in [2.75, 3.05) is 6.61 Å². The molecule has 3 unspecified atom stereocenters. The van der Waals surface area contributed by atoms with E-state index < -0.39 is 0 Å². The lowest BCUT2D eigenvalue weighted by molar-refractivity contribution is -0.0283. The molecule has 2 heterocycles. The molecule has 1 aromatic heterocycles. The zero-order chi connectivity index (χ0) is 12.2. The molecule has 0 radical (unpaired) electrons. The predicted octanol–water partition coefficient (Wildman–Crippen LogP) is 2.43. The number of ether oxygens (including phenoxy) is 1. The third-order valence-corrected chi connectivity index (χ3v) is 5.21. The highest BCUT2D eigenvalue weighted by Crippen LogP contribution is 2.71. The fraction of sp³-hybridized carbons (Fsp3) is 0.600. The van der Waals surface area contributed by atoms with Gasteiger partial charge in [-0.05, 0) is 25.0 Å². The second-order valence-corrected chi connectivity index (χ2v) is 5.86. The highest BCUT2D eigenvalue weighted by atomic mass is 16.5. The summed E-state index contributed by atoms with van der Waals surface area (Å²) < 4.78 is 6.06. The predicted molar refractivity (Wildman–Crippen MR) is 65.7 cm³/mol. The highest BCUT2D eigenvalue weighted by molar-refractivity contribution is 5.45. The van der Waals surface area contributed by atoms with Crippen LogP contribution in [0.25, 0.3) is 0 Å². The van der Waals surface area contributed by atoms with Gasteiger partial charge in [0.1, 0.15) is 5.41 Å². The van der Waals surface area contributed by atoms with Crippen LogP contribution in [0, 0.1) is 23.2 Å². The zero-order valence-electron chi connectivity index (χ0n) is 10.3. The lowest BCUT2D eigenvalue weighted by Crippen LogP contribution is -2.34. The van der Waals surface area contributed by atoms with Crippen molar-refractivity contribution in [2.24, 2.45) is 11.8 Å². The molecule has 3 heteroatoms. The molecular formula is C15H16N2O. The Labute approximate surface area is 107 Å². The summed E-state index contributed by atoms with van der Waals surface area (Å²) in [6.07, 6.45) is 6.54. The van der Waals surface area contributed by atoms with Gasteiger partial charge >= 0.3 is 0 Å². The van der Waals surface area contributed by atoms with Crippen LogP contribution in [0.2, 0.25) is 0 Å². The molecule has 3 nitrogen and oxygen atoms in total. The van der Waals surface area contributed by atoms with E-state index in [2.05, 4.69) is 11.1 Å². The van der Waals surface area contributed by atoms with Crippen molar-refractivity contribution in [1.29, 1.82) is 5.26 Å². The molecule has 1 aromatic rings. The summed E-state index contributed by atoms with van der Waals surface area (Å²) in [4.78, 5) is 4.44. The van der Waals surface area contributed by atoms with Gasteiger partial charge in [0.2, 0.25) is 0 Å². The topological polar surface area (TPSA) is 45.9 Å². The number of hydrogen-bond acceptors (Lipinski definition) is 3. The second kappa shape index (κ2) is 3.33. The van der Waals surface area contributed by atoms with Gasteiger partial charge in [0, 0.05) is 18.0 Å². The van der Waals surface area contributed by atoms with Gasteiger partial charge in [-0.1, -0.05) is 18.9 Å². The molecule has 2 aliphatic carbocycles. The molecule has 1 aliphatic heterocycles. The van der Waals surface area contributed by atoms with Crippen molar-refractivity contribution in [1.82, 2.24) is 4.98 Å².